The van der Waals surface area contributed by atoms with E-state index >= 15 is 0 Å². The third kappa shape index (κ3) is 3.57. The highest BCUT2D eigenvalue weighted by atomic mass is 16.1. The molecule has 1 amide bonds. The molecule has 0 radical (unpaired) electrons. The van der Waals surface area contributed by atoms with Gasteiger partial charge in [0.2, 0.25) is 0 Å². The number of hydrogen-bond donors (Lipinski definition) is 1. The number of carbonyl (C=O) groups excluding carboxylic acids is 1. The van der Waals surface area contributed by atoms with Gasteiger partial charge in [-0.05, 0) is 37.3 Å². The first-order valence-corrected chi connectivity index (χ1v) is 7.61. The molecule has 0 spiro atoms. The van der Waals surface area contributed by atoms with Gasteiger partial charge in [-0.1, -0.05) is 17.7 Å². The molecule has 24 heavy (non-hydrogen) atoms. The average Bonchev–Trinajstić information content (AvgIpc) is 2.62. The highest BCUT2D eigenvalue weighted by molar-refractivity contribution is 6.04. The summed E-state index contributed by atoms with van der Waals surface area (Å²) in [7, 11) is 1.94. The molecule has 1 N–H and O–H groups in total. The molecule has 0 aliphatic rings. The minimum atomic E-state index is -0.174. The van der Waals surface area contributed by atoms with Crippen LogP contribution in [0.15, 0.2) is 67.1 Å². The molecule has 1 aromatic carbocycles. The first-order valence-electron chi connectivity index (χ1n) is 7.61. The van der Waals surface area contributed by atoms with Crippen molar-refractivity contribution in [2.24, 2.45) is 0 Å². The third-order valence-electron chi connectivity index (χ3n) is 3.69. The maximum Gasteiger partial charge on any atom is 0.256 e. The van der Waals surface area contributed by atoms with Gasteiger partial charge in [-0.3, -0.25) is 9.78 Å². The molecule has 0 atom stereocenters. The van der Waals surface area contributed by atoms with Crippen LogP contribution in [0.3, 0.4) is 0 Å². The number of rotatable bonds is 4. The molecular formula is C19H18N4O. The van der Waals surface area contributed by atoms with Gasteiger partial charge in [-0.25, -0.2) is 4.98 Å². The predicted octanol–water partition coefficient (Wildman–Crippen LogP) is 3.81. The lowest BCUT2D eigenvalue weighted by atomic mass is 10.1. The lowest BCUT2D eigenvalue weighted by Gasteiger charge is -2.19. The third-order valence-corrected chi connectivity index (χ3v) is 3.69. The molecule has 3 rings (SSSR count). The summed E-state index contributed by atoms with van der Waals surface area (Å²) in [5.74, 6) is 0.335. The second kappa shape index (κ2) is 6.91. The summed E-state index contributed by atoms with van der Waals surface area (Å²) < 4.78 is 0. The summed E-state index contributed by atoms with van der Waals surface area (Å²) in [6.07, 6.45) is 5.19. The number of nitrogens with one attached hydrogen (secondary N) is 1. The van der Waals surface area contributed by atoms with Crippen molar-refractivity contribution in [3.63, 3.8) is 0 Å². The standard InChI is InChI=1S/C19H18N4O/c1-14-5-3-6-15(11-14)19(24)22-18-12-16(8-10-21-18)23(2)17-7-4-9-20-13-17/h3-13H,1-2H3,(H,21,22,24). The van der Waals surface area contributed by atoms with Crippen LogP contribution < -0.4 is 10.2 Å². The number of aromatic nitrogens is 2. The van der Waals surface area contributed by atoms with Crippen molar-refractivity contribution in [1.29, 1.82) is 0 Å². The monoisotopic (exact) mass is 318 g/mol. The van der Waals surface area contributed by atoms with E-state index in [0.29, 0.717) is 11.4 Å². The van der Waals surface area contributed by atoms with Crippen molar-refractivity contribution in [3.8, 4) is 0 Å². The Morgan fingerprint density at radius 3 is 2.67 bits per heavy atom. The fourth-order valence-electron chi connectivity index (χ4n) is 2.37. The molecule has 0 aliphatic carbocycles. The molecule has 2 aromatic heterocycles. The predicted molar refractivity (Wildman–Crippen MR) is 95.7 cm³/mol. The summed E-state index contributed by atoms with van der Waals surface area (Å²) in [6.45, 7) is 1.96. The Morgan fingerprint density at radius 1 is 1.04 bits per heavy atom. The van der Waals surface area contributed by atoms with Crippen molar-refractivity contribution in [2.75, 3.05) is 17.3 Å². The van der Waals surface area contributed by atoms with E-state index in [1.54, 1.807) is 24.7 Å². The summed E-state index contributed by atoms with van der Waals surface area (Å²) in [6, 6.07) is 15.0. The largest absolute Gasteiger partial charge is 0.343 e. The molecular weight excluding hydrogens is 300 g/mol. The van der Waals surface area contributed by atoms with Crippen molar-refractivity contribution >= 4 is 23.1 Å². The Bertz CT molecular complexity index is 849. The van der Waals surface area contributed by atoms with E-state index in [1.807, 2.05) is 61.3 Å². The van der Waals surface area contributed by atoms with E-state index in [0.717, 1.165) is 16.9 Å². The molecule has 0 fully saturated rings. The van der Waals surface area contributed by atoms with Gasteiger partial charge < -0.3 is 10.2 Å². The highest BCUT2D eigenvalue weighted by Gasteiger charge is 2.09. The maximum atomic E-state index is 12.3. The maximum absolute atomic E-state index is 12.3. The Kier molecular flexibility index (Phi) is 4.52. The average molecular weight is 318 g/mol. The van der Waals surface area contributed by atoms with E-state index in [9.17, 15) is 4.79 Å². The molecule has 2 heterocycles. The van der Waals surface area contributed by atoms with E-state index in [2.05, 4.69) is 15.3 Å². The van der Waals surface area contributed by atoms with E-state index < -0.39 is 0 Å². The van der Waals surface area contributed by atoms with Gasteiger partial charge in [0.25, 0.3) is 5.91 Å². The van der Waals surface area contributed by atoms with Crippen LogP contribution in [0.4, 0.5) is 17.2 Å². The summed E-state index contributed by atoms with van der Waals surface area (Å²) in [4.78, 5) is 22.7. The molecule has 5 nitrogen and oxygen atoms in total. The first kappa shape index (κ1) is 15.7. The van der Waals surface area contributed by atoms with Crippen molar-refractivity contribution in [2.45, 2.75) is 6.92 Å². The molecule has 0 aliphatic heterocycles. The molecule has 120 valence electrons. The zero-order valence-corrected chi connectivity index (χ0v) is 13.6. The molecule has 0 saturated carbocycles. The molecule has 0 saturated heterocycles. The summed E-state index contributed by atoms with van der Waals surface area (Å²) in [5.41, 5.74) is 3.53. The van der Waals surface area contributed by atoms with E-state index in [4.69, 9.17) is 0 Å². The van der Waals surface area contributed by atoms with Crippen molar-refractivity contribution in [3.05, 3.63) is 78.2 Å². The smallest absolute Gasteiger partial charge is 0.256 e. The normalized spacial score (nSPS) is 10.2. The van der Waals surface area contributed by atoms with Gasteiger partial charge >= 0.3 is 0 Å². The highest BCUT2D eigenvalue weighted by Crippen LogP contribution is 2.24. The Morgan fingerprint density at radius 2 is 1.92 bits per heavy atom. The Labute approximate surface area is 141 Å². The zero-order chi connectivity index (χ0) is 16.9. The van der Waals surface area contributed by atoms with Crippen molar-refractivity contribution in [1.82, 2.24) is 9.97 Å². The SMILES string of the molecule is Cc1cccc(C(=O)Nc2cc(N(C)c3cccnc3)ccn2)c1. The van der Waals surface area contributed by atoms with Crippen LogP contribution in [-0.4, -0.2) is 22.9 Å². The number of anilines is 3. The van der Waals surface area contributed by atoms with Crippen molar-refractivity contribution < 1.29 is 4.79 Å². The van der Waals surface area contributed by atoms with E-state index in [1.165, 1.54) is 0 Å². The number of nitrogens with zero attached hydrogens (tertiary/aromatic N) is 3. The number of hydrogen-bond acceptors (Lipinski definition) is 4. The van der Waals surface area contributed by atoms with Gasteiger partial charge in [0.1, 0.15) is 5.82 Å². The van der Waals surface area contributed by atoms with Gasteiger partial charge in [-0.15, -0.1) is 0 Å². The Balaban J connectivity index is 1.79. The minimum absolute atomic E-state index is 0.174. The zero-order valence-electron chi connectivity index (χ0n) is 13.6. The second-order valence-electron chi connectivity index (χ2n) is 5.49. The lowest BCUT2D eigenvalue weighted by Crippen LogP contribution is -2.14. The van der Waals surface area contributed by atoms with Gasteiger partial charge in [0.15, 0.2) is 0 Å². The van der Waals surface area contributed by atoms with Crippen LogP contribution >= 0.6 is 0 Å². The van der Waals surface area contributed by atoms with Gasteiger partial charge in [0.05, 0.1) is 11.9 Å². The van der Waals surface area contributed by atoms with E-state index in [-0.39, 0.29) is 5.91 Å². The number of pyridine rings is 2. The first-order chi connectivity index (χ1) is 11.6. The number of aryl methyl sites for hydroxylation is 1. The van der Waals surface area contributed by atoms with Crippen LogP contribution in [0.5, 0.6) is 0 Å². The second-order valence-corrected chi connectivity index (χ2v) is 5.49. The van der Waals surface area contributed by atoms with Crippen LogP contribution in [0.2, 0.25) is 0 Å². The molecule has 5 heteroatoms. The lowest BCUT2D eigenvalue weighted by molar-refractivity contribution is 0.102. The number of benzene rings is 1. The number of amides is 1. The summed E-state index contributed by atoms with van der Waals surface area (Å²) >= 11 is 0. The quantitative estimate of drug-likeness (QED) is 0.795. The minimum Gasteiger partial charge on any atom is -0.343 e. The summed E-state index contributed by atoms with van der Waals surface area (Å²) in [5, 5.41) is 2.84. The van der Waals surface area contributed by atoms with Crippen LogP contribution in [-0.2, 0) is 0 Å². The molecule has 0 bridgehead atoms. The van der Waals surface area contributed by atoms with Crippen LogP contribution in [0, 0.1) is 6.92 Å². The molecule has 3 aromatic rings. The topological polar surface area (TPSA) is 58.1 Å². The van der Waals surface area contributed by atoms with Crippen LogP contribution in [0.25, 0.3) is 0 Å². The fraction of sp³-hybridized carbons (Fsp3) is 0.105. The van der Waals surface area contributed by atoms with Gasteiger partial charge in [-0.2, -0.15) is 0 Å². The molecule has 0 unspecified atom stereocenters. The van der Waals surface area contributed by atoms with Crippen LogP contribution in [0.1, 0.15) is 15.9 Å². The van der Waals surface area contributed by atoms with Gasteiger partial charge in [0, 0.05) is 36.8 Å². The fourth-order valence-corrected chi connectivity index (χ4v) is 2.37. The Hall–Kier alpha value is -3.21. The number of carbonyl (C=O) groups is 1.